The zero-order chi connectivity index (χ0) is 29.3. The summed E-state index contributed by atoms with van der Waals surface area (Å²) >= 11 is 1.86. The molecular formula is C37H35N3OS. The van der Waals surface area contributed by atoms with Gasteiger partial charge in [0, 0.05) is 55.0 Å². The average molecular weight is 570 g/mol. The Morgan fingerprint density at radius 2 is 1.60 bits per heavy atom. The molecule has 0 saturated heterocycles. The molecule has 0 fully saturated rings. The van der Waals surface area contributed by atoms with Gasteiger partial charge in [0.05, 0.1) is 16.8 Å². The maximum absolute atomic E-state index is 10.5. The largest absolute Gasteiger partial charge is 0.512 e. The van der Waals surface area contributed by atoms with Gasteiger partial charge in [-0.25, -0.2) is 4.99 Å². The summed E-state index contributed by atoms with van der Waals surface area (Å²) in [5, 5.41) is 15.6. The van der Waals surface area contributed by atoms with Crippen molar-refractivity contribution in [3.63, 3.8) is 0 Å². The van der Waals surface area contributed by atoms with Crippen molar-refractivity contribution in [3.05, 3.63) is 95.3 Å². The van der Waals surface area contributed by atoms with Crippen molar-refractivity contribution in [3.8, 4) is 11.1 Å². The Hall–Kier alpha value is -4.22. The third-order valence-corrected chi connectivity index (χ3v) is 9.97. The third kappa shape index (κ3) is 3.87. The van der Waals surface area contributed by atoms with Crippen LogP contribution < -0.4 is 0 Å². The van der Waals surface area contributed by atoms with Gasteiger partial charge >= 0.3 is 0 Å². The van der Waals surface area contributed by atoms with E-state index in [9.17, 15) is 5.11 Å². The minimum Gasteiger partial charge on any atom is -0.512 e. The van der Waals surface area contributed by atoms with Gasteiger partial charge in [-0.2, -0.15) is 0 Å². The number of allylic oxidation sites excluding steroid dienone is 2. The molecule has 4 aromatic carbocycles. The number of aliphatic imine (C=N–C) groups is 2. The molecule has 0 amide bonds. The van der Waals surface area contributed by atoms with Crippen LogP contribution in [-0.4, -0.2) is 27.9 Å². The molecule has 4 nitrogen and oxygen atoms in total. The molecule has 42 heavy (non-hydrogen) atoms. The van der Waals surface area contributed by atoms with Crippen LogP contribution in [0.25, 0.3) is 53.1 Å². The van der Waals surface area contributed by atoms with Crippen molar-refractivity contribution < 1.29 is 5.11 Å². The van der Waals surface area contributed by atoms with E-state index in [1.165, 1.54) is 53.2 Å². The van der Waals surface area contributed by atoms with Crippen molar-refractivity contribution in [1.82, 2.24) is 4.57 Å². The van der Waals surface area contributed by atoms with Crippen molar-refractivity contribution in [2.75, 3.05) is 6.54 Å². The first-order valence-electron chi connectivity index (χ1n) is 14.7. The second-order valence-electron chi connectivity index (χ2n) is 12.1. The van der Waals surface area contributed by atoms with Crippen LogP contribution in [0.3, 0.4) is 0 Å². The fourth-order valence-corrected chi connectivity index (χ4v) is 7.88. The van der Waals surface area contributed by atoms with Gasteiger partial charge in [0.15, 0.2) is 0 Å². The number of fused-ring (bicyclic) bond motifs is 10. The maximum Gasteiger partial charge on any atom is 0.229 e. The Kier molecular flexibility index (Phi) is 6.14. The highest BCUT2D eigenvalue weighted by atomic mass is 32.1. The van der Waals surface area contributed by atoms with Gasteiger partial charge < -0.3 is 5.11 Å². The predicted octanol–water partition coefficient (Wildman–Crippen LogP) is 10.4. The number of nitrogens with zero attached hydrogens (tertiary/aromatic N) is 3. The molecule has 0 radical (unpaired) electrons. The lowest BCUT2D eigenvalue weighted by Gasteiger charge is -2.21. The summed E-state index contributed by atoms with van der Waals surface area (Å²) in [5.74, 6) is 1.01. The topological polar surface area (TPSA) is 49.9 Å². The van der Waals surface area contributed by atoms with E-state index >= 15 is 0 Å². The van der Waals surface area contributed by atoms with Crippen LogP contribution in [0.15, 0.2) is 94.1 Å². The van der Waals surface area contributed by atoms with E-state index in [1.54, 1.807) is 0 Å². The SMILES string of the molecule is CCN=C(/N=C(\C)CC(O)=C(C)C)n1c2cc3c(cc2c2c4sc5ccccc5c4ccc21)C(C)(C)c1ccccc1-3. The molecule has 0 spiro atoms. The highest BCUT2D eigenvalue weighted by Gasteiger charge is 2.36. The molecule has 5 heteroatoms. The molecule has 0 bridgehead atoms. The molecule has 0 unspecified atom stereocenters. The molecule has 2 heterocycles. The Balaban J connectivity index is 1.61. The first-order chi connectivity index (χ1) is 20.2. The lowest BCUT2D eigenvalue weighted by molar-refractivity contribution is 0.398. The van der Waals surface area contributed by atoms with Gasteiger partial charge in [-0.05, 0) is 79.8 Å². The van der Waals surface area contributed by atoms with Gasteiger partial charge in [-0.3, -0.25) is 9.56 Å². The smallest absolute Gasteiger partial charge is 0.229 e. The third-order valence-electron chi connectivity index (χ3n) is 8.77. The van der Waals surface area contributed by atoms with E-state index in [0.717, 1.165) is 22.3 Å². The van der Waals surface area contributed by atoms with Crippen LogP contribution in [0.2, 0.25) is 0 Å². The first-order valence-corrected chi connectivity index (χ1v) is 15.5. The Morgan fingerprint density at radius 3 is 2.38 bits per heavy atom. The molecular weight excluding hydrogens is 534 g/mol. The molecule has 6 aromatic rings. The summed E-state index contributed by atoms with van der Waals surface area (Å²) in [6.45, 7) is 13.1. The summed E-state index contributed by atoms with van der Waals surface area (Å²) in [6.07, 6.45) is 0.403. The highest BCUT2D eigenvalue weighted by molar-refractivity contribution is 7.26. The predicted molar refractivity (Wildman–Crippen MR) is 182 cm³/mol. The molecule has 1 N–H and O–H groups in total. The number of aliphatic hydroxyl groups excluding tert-OH is 1. The fourth-order valence-electron chi connectivity index (χ4n) is 6.62. The van der Waals surface area contributed by atoms with Crippen molar-refractivity contribution in [2.45, 2.75) is 53.4 Å². The van der Waals surface area contributed by atoms with Crippen LogP contribution in [-0.2, 0) is 5.41 Å². The van der Waals surface area contributed by atoms with E-state index in [2.05, 4.69) is 91.2 Å². The lowest BCUT2D eigenvalue weighted by Crippen LogP contribution is -2.15. The number of thiophene rings is 1. The van der Waals surface area contributed by atoms with Crippen molar-refractivity contribution >= 4 is 65.0 Å². The number of aliphatic hydroxyl groups is 1. The fraction of sp³-hybridized carbons (Fsp3) is 0.243. The minimum atomic E-state index is -0.0977. The molecule has 210 valence electrons. The monoisotopic (exact) mass is 569 g/mol. The zero-order valence-corrected chi connectivity index (χ0v) is 25.9. The molecule has 1 aliphatic carbocycles. The van der Waals surface area contributed by atoms with E-state index in [1.807, 2.05) is 39.0 Å². The van der Waals surface area contributed by atoms with Crippen molar-refractivity contribution in [1.29, 1.82) is 0 Å². The van der Waals surface area contributed by atoms with Gasteiger partial charge in [0.1, 0.15) is 0 Å². The molecule has 2 aromatic heterocycles. The van der Waals surface area contributed by atoms with Crippen molar-refractivity contribution in [2.24, 2.45) is 9.98 Å². The van der Waals surface area contributed by atoms with Crippen LogP contribution in [0, 0.1) is 0 Å². The summed E-state index contributed by atoms with van der Waals surface area (Å²) < 4.78 is 4.84. The molecule has 7 rings (SSSR count). The normalized spacial score (nSPS) is 14.7. The van der Waals surface area contributed by atoms with E-state index in [0.29, 0.717) is 24.7 Å². The molecule has 0 atom stereocenters. The number of hydrogen-bond donors (Lipinski definition) is 1. The summed E-state index contributed by atoms with van der Waals surface area (Å²) in [5.41, 5.74) is 9.14. The van der Waals surface area contributed by atoms with Gasteiger partial charge in [-0.15, -0.1) is 11.3 Å². The van der Waals surface area contributed by atoms with E-state index < -0.39 is 0 Å². The average Bonchev–Trinajstić information content (AvgIpc) is 3.58. The van der Waals surface area contributed by atoms with E-state index in [-0.39, 0.29) is 5.41 Å². The number of aromatic nitrogens is 1. The lowest BCUT2D eigenvalue weighted by atomic mass is 9.82. The summed E-state index contributed by atoms with van der Waals surface area (Å²) in [6, 6.07) is 26.8. The Labute approximate surface area is 250 Å². The molecule has 1 aliphatic rings. The number of hydrogen-bond acceptors (Lipinski definition) is 3. The Morgan fingerprint density at radius 1 is 0.833 bits per heavy atom. The van der Waals surface area contributed by atoms with Gasteiger partial charge in [-0.1, -0.05) is 62.4 Å². The van der Waals surface area contributed by atoms with Crippen LogP contribution in [0.1, 0.15) is 59.1 Å². The maximum atomic E-state index is 10.5. The summed E-state index contributed by atoms with van der Waals surface area (Å²) in [4.78, 5) is 10.0. The van der Waals surface area contributed by atoms with Gasteiger partial charge in [0.2, 0.25) is 5.96 Å². The van der Waals surface area contributed by atoms with E-state index in [4.69, 9.17) is 9.98 Å². The quantitative estimate of drug-likeness (QED) is 0.129. The highest BCUT2D eigenvalue weighted by Crippen LogP contribution is 2.51. The second-order valence-corrected chi connectivity index (χ2v) is 13.2. The molecule has 0 aliphatic heterocycles. The summed E-state index contributed by atoms with van der Waals surface area (Å²) in [7, 11) is 0. The number of benzene rings is 4. The van der Waals surface area contributed by atoms with Gasteiger partial charge in [0.25, 0.3) is 0 Å². The minimum absolute atomic E-state index is 0.0977. The van der Waals surface area contributed by atoms with Crippen LogP contribution >= 0.6 is 11.3 Å². The Bertz CT molecular complexity index is 2170. The molecule has 0 saturated carbocycles. The standard InChI is InChI=1S/C37H35N3OS/c1-7-38-36(39-22(4)18-32(41)21(2)3)40-30-17-16-25-24-13-9-11-15-33(24)42-35(25)34(30)27-19-29-26(20-31(27)40)23-12-8-10-14-28(23)37(29,5)6/h8-17,19-20,41H,7,18H2,1-6H3/b38-36?,39-22+. The van der Waals surface area contributed by atoms with Crippen LogP contribution in [0.5, 0.6) is 0 Å². The first kappa shape index (κ1) is 26.7. The second kappa shape index (κ2) is 9.67. The zero-order valence-electron chi connectivity index (χ0n) is 25.0. The number of rotatable bonds is 3. The van der Waals surface area contributed by atoms with Crippen LogP contribution in [0.4, 0.5) is 0 Å².